The van der Waals surface area contributed by atoms with Crippen molar-refractivity contribution in [2.45, 2.75) is 12.5 Å². The van der Waals surface area contributed by atoms with Gasteiger partial charge in [0.05, 0.1) is 5.02 Å². The number of likely N-dealkylation sites (N-methyl/N-ethyl adjacent to an activating group) is 1. The average Bonchev–Trinajstić information content (AvgIpc) is 2.47. The highest BCUT2D eigenvalue weighted by atomic mass is 35.5. The maximum atomic E-state index is 13.1. The Kier molecular flexibility index (Phi) is 5.85. The van der Waals surface area contributed by atoms with Crippen molar-refractivity contribution in [2.75, 3.05) is 13.7 Å². The normalized spacial score (nSPS) is 12.2. The summed E-state index contributed by atoms with van der Waals surface area (Å²) >= 11 is 11.7. The Hall–Kier alpha value is -1.29. The molecule has 1 unspecified atom stereocenters. The Labute approximate surface area is 133 Å². The highest BCUT2D eigenvalue weighted by molar-refractivity contribution is 6.31. The number of hydrogen-bond acceptors (Lipinski definition) is 2. The number of nitrogens with one attached hydrogen (secondary N) is 1. The Bertz CT molecular complexity index is 607. The van der Waals surface area contributed by atoms with E-state index in [-0.39, 0.29) is 11.1 Å². The Morgan fingerprint density at radius 1 is 1.19 bits per heavy atom. The van der Waals surface area contributed by atoms with Gasteiger partial charge >= 0.3 is 0 Å². The van der Waals surface area contributed by atoms with Crippen LogP contribution < -0.4 is 10.1 Å². The quantitative estimate of drug-likeness (QED) is 0.852. The molecule has 2 rings (SSSR count). The molecule has 21 heavy (non-hydrogen) atoms. The van der Waals surface area contributed by atoms with Crippen molar-refractivity contribution in [1.82, 2.24) is 5.32 Å². The summed E-state index contributed by atoms with van der Waals surface area (Å²) in [4.78, 5) is 0. The van der Waals surface area contributed by atoms with Gasteiger partial charge in [-0.05, 0) is 49.4 Å². The maximum absolute atomic E-state index is 13.1. The molecule has 0 fully saturated rings. The first-order chi connectivity index (χ1) is 10.1. The summed E-state index contributed by atoms with van der Waals surface area (Å²) in [5.41, 5.74) is 0.954. The lowest BCUT2D eigenvalue weighted by atomic mass is 10.1. The van der Waals surface area contributed by atoms with Crippen molar-refractivity contribution in [1.29, 1.82) is 0 Å². The molecule has 0 aliphatic carbocycles. The molecule has 2 aromatic carbocycles. The Balaban J connectivity index is 1.95. The van der Waals surface area contributed by atoms with Gasteiger partial charge < -0.3 is 10.1 Å². The van der Waals surface area contributed by atoms with Crippen LogP contribution in [0.2, 0.25) is 10.0 Å². The van der Waals surface area contributed by atoms with E-state index in [4.69, 9.17) is 27.9 Å². The van der Waals surface area contributed by atoms with E-state index in [1.807, 2.05) is 19.2 Å². The molecule has 0 amide bonds. The van der Waals surface area contributed by atoms with E-state index in [1.165, 1.54) is 6.07 Å². The van der Waals surface area contributed by atoms with Crippen molar-refractivity contribution in [3.8, 4) is 5.75 Å². The van der Waals surface area contributed by atoms with Gasteiger partial charge in [0.2, 0.25) is 0 Å². The fourth-order valence-corrected chi connectivity index (χ4v) is 2.33. The van der Waals surface area contributed by atoms with E-state index in [0.29, 0.717) is 18.1 Å². The van der Waals surface area contributed by atoms with E-state index in [1.54, 1.807) is 24.3 Å². The largest absolute Gasteiger partial charge is 0.492 e. The fraction of sp³-hybridized carbons (Fsp3) is 0.250. The second kappa shape index (κ2) is 7.64. The number of rotatable bonds is 6. The summed E-state index contributed by atoms with van der Waals surface area (Å²) in [7, 11) is 1.86. The lowest BCUT2D eigenvalue weighted by molar-refractivity contribution is 0.270. The number of benzene rings is 2. The van der Waals surface area contributed by atoms with Crippen molar-refractivity contribution < 1.29 is 9.13 Å². The Morgan fingerprint density at radius 2 is 2.00 bits per heavy atom. The second-order valence-corrected chi connectivity index (χ2v) is 5.55. The number of hydrogen-bond donors (Lipinski definition) is 1. The number of ether oxygens (including phenoxy) is 1. The van der Waals surface area contributed by atoms with Gasteiger partial charge in [-0.15, -0.1) is 0 Å². The van der Waals surface area contributed by atoms with E-state index < -0.39 is 5.82 Å². The van der Waals surface area contributed by atoms with Crippen LogP contribution in [-0.2, 0) is 6.42 Å². The van der Waals surface area contributed by atoms with Gasteiger partial charge in [-0.3, -0.25) is 0 Å². The molecule has 1 atom stereocenters. The molecular weight excluding hydrogens is 312 g/mol. The molecule has 0 bridgehead atoms. The molecule has 5 heteroatoms. The SMILES string of the molecule is CNC(COc1cccc(Cl)c1)Cc1ccc(F)c(Cl)c1. The van der Waals surface area contributed by atoms with Gasteiger partial charge in [0.15, 0.2) is 0 Å². The van der Waals surface area contributed by atoms with E-state index in [9.17, 15) is 4.39 Å². The molecule has 0 spiro atoms. The summed E-state index contributed by atoms with van der Waals surface area (Å²) < 4.78 is 18.9. The summed E-state index contributed by atoms with van der Waals surface area (Å²) in [6.07, 6.45) is 0.692. The van der Waals surface area contributed by atoms with Crippen LogP contribution in [0.25, 0.3) is 0 Å². The smallest absolute Gasteiger partial charge is 0.141 e. The van der Waals surface area contributed by atoms with E-state index in [2.05, 4.69) is 5.32 Å². The minimum atomic E-state index is -0.406. The lowest BCUT2D eigenvalue weighted by Gasteiger charge is -2.17. The molecule has 2 nitrogen and oxygen atoms in total. The second-order valence-electron chi connectivity index (χ2n) is 4.71. The zero-order valence-corrected chi connectivity index (χ0v) is 13.1. The summed E-state index contributed by atoms with van der Waals surface area (Å²) in [5.74, 6) is 0.316. The minimum Gasteiger partial charge on any atom is -0.492 e. The minimum absolute atomic E-state index is 0.0884. The molecule has 2 aromatic rings. The molecule has 0 saturated heterocycles. The fourth-order valence-electron chi connectivity index (χ4n) is 1.95. The summed E-state index contributed by atoms with van der Waals surface area (Å²) in [5, 5.41) is 3.95. The van der Waals surface area contributed by atoms with Crippen LogP contribution in [0.1, 0.15) is 5.56 Å². The summed E-state index contributed by atoms with van der Waals surface area (Å²) in [6, 6.07) is 12.1. The van der Waals surface area contributed by atoms with Crippen LogP contribution >= 0.6 is 23.2 Å². The predicted molar refractivity (Wildman–Crippen MR) is 84.9 cm³/mol. The lowest BCUT2D eigenvalue weighted by Crippen LogP contribution is -2.33. The van der Waals surface area contributed by atoms with Gasteiger partial charge in [0.1, 0.15) is 18.2 Å². The third-order valence-corrected chi connectivity index (χ3v) is 3.65. The van der Waals surface area contributed by atoms with E-state index in [0.717, 1.165) is 11.3 Å². The van der Waals surface area contributed by atoms with Crippen LogP contribution in [-0.4, -0.2) is 19.7 Å². The monoisotopic (exact) mass is 327 g/mol. The highest BCUT2D eigenvalue weighted by Crippen LogP contribution is 2.19. The van der Waals surface area contributed by atoms with Gasteiger partial charge in [-0.1, -0.05) is 35.3 Å². The zero-order chi connectivity index (χ0) is 15.2. The summed E-state index contributed by atoms with van der Waals surface area (Å²) in [6.45, 7) is 0.478. The third-order valence-electron chi connectivity index (χ3n) is 3.12. The topological polar surface area (TPSA) is 21.3 Å². The molecule has 0 aliphatic heterocycles. The molecule has 0 radical (unpaired) electrons. The average molecular weight is 328 g/mol. The zero-order valence-electron chi connectivity index (χ0n) is 11.6. The van der Waals surface area contributed by atoms with Gasteiger partial charge in [0, 0.05) is 11.1 Å². The van der Waals surface area contributed by atoms with Crippen LogP contribution in [0.3, 0.4) is 0 Å². The highest BCUT2D eigenvalue weighted by Gasteiger charge is 2.10. The van der Waals surface area contributed by atoms with Crippen molar-refractivity contribution in [3.63, 3.8) is 0 Å². The molecule has 0 aromatic heterocycles. The van der Waals surface area contributed by atoms with Gasteiger partial charge in [-0.25, -0.2) is 4.39 Å². The standard InChI is InChI=1S/C16H16Cl2FNO/c1-20-13(7-11-5-6-16(19)15(18)8-11)10-21-14-4-2-3-12(17)9-14/h2-6,8-9,13,20H,7,10H2,1H3. The first-order valence-electron chi connectivity index (χ1n) is 6.58. The van der Waals surface area contributed by atoms with Crippen molar-refractivity contribution in [3.05, 3.63) is 63.9 Å². The van der Waals surface area contributed by atoms with Crippen LogP contribution in [0.5, 0.6) is 5.75 Å². The van der Waals surface area contributed by atoms with Gasteiger partial charge in [-0.2, -0.15) is 0 Å². The number of halogens is 3. The van der Waals surface area contributed by atoms with E-state index >= 15 is 0 Å². The molecule has 0 saturated carbocycles. The Morgan fingerprint density at radius 3 is 2.67 bits per heavy atom. The van der Waals surface area contributed by atoms with Crippen LogP contribution in [0.4, 0.5) is 4.39 Å². The maximum Gasteiger partial charge on any atom is 0.141 e. The van der Waals surface area contributed by atoms with Crippen LogP contribution in [0, 0.1) is 5.82 Å². The van der Waals surface area contributed by atoms with Crippen LogP contribution in [0.15, 0.2) is 42.5 Å². The molecular formula is C16H16Cl2FNO. The third kappa shape index (κ3) is 4.88. The first kappa shape index (κ1) is 16.1. The molecule has 1 N–H and O–H groups in total. The van der Waals surface area contributed by atoms with Crippen molar-refractivity contribution >= 4 is 23.2 Å². The van der Waals surface area contributed by atoms with Crippen molar-refractivity contribution in [2.24, 2.45) is 0 Å². The first-order valence-corrected chi connectivity index (χ1v) is 7.33. The molecule has 0 heterocycles. The molecule has 0 aliphatic rings. The van der Waals surface area contributed by atoms with Gasteiger partial charge in [0.25, 0.3) is 0 Å². The predicted octanol–water partition coefficient (Wildman–Crippen LogP) is 4.34. The molecule has 112 valence electrons.